The van der Waals surface area contributed by atoms with E-state index >= 15 is 0 Å². The van der Waals surface area contributed by atoms with Crippen LogP contribution in [0, 0.1) is 6.92 Å². The molecule has 0 saturated carbocycles. The molecule has 1 aliphatic heterocycles. The summed E-state index contributed by atoms with van der Waals surface area (Å²) in [5, 5.41) is 10.5. The van der Waals surface area contributed by atoms with Crippen molar-refractivity contribution in [3.8, 4) is 0 Å². The van der Waals surface area contributed by atoms with Gasteiger partial charge in [0.25, 0.3) is 0 Å². The van der Waals surface area contributed by atoms with Crippen molar-refractivity contribution in [2.75, 3.05) is 11.9 Å². The lowest BCUT2D eigenvalue weighted by atomic mass is 9.80. The molecule has 1 aromatic heterocycles. The zero-order valence-electron chi connectivity index (χ0n) is 14.3. The van der Waals surface area contributed by atoms with Gasteiger partial charge in [0.1, 0.15) is 5.82 Å². The number of aromatic amines is 1. The molecule has 1 aliphatic rings. The molecule has 5 nitrogen and oxygen atoms in total. The van der Waals surface area contributed by atoms with E-state index in [9.17, 15) is 4.79 Å². The first-order valence-electron chi connectivity index (χ1n) is 8.43. The fourth-order valence-electron chi connectivity index (χ4n) is 3.29. The molecule has 3 rings (SSSR count). The molecule has 1 atom stereocenters. The van der Waals surface area contributed by atoms with Gasteiger partial charge in [0, 0.05) is 17.2 Å². The largest absolute Gasteiger partial charge is 0.463 e. The molecule has 126 valence electrons. The lowest BCUT2D eigenvalue weighted by Gasteiger charge is -2.29. The molecular weight excluding hydrogens is 302 g/mol. The summed E-state index contributed by atoms with van der Waals surface area (Å²) in [4.78, 5) is 12.8. The van der Waals surface area contributed by atoms with Gasteiger partial charge < -0.3 is 10.1 Å². The Morgan fingerprint density at radius 1 is 1.25 bits per heavy atom. The topological polar surface area (TPSA) is 67.0 Å². The molecule has 2 heterocycles. The fourth-order valence-corrected chi connectivity index (χ4v) is 3.29. The minimum Gasteiger partial charge on any atom is -0.463 e. The number of benzene rings is 1. The molecular formula is C19H23N3O2. The summed E-state index contributed by atoms with van der Waals surface area (Å²) in [5.74, 6) is 0.440. The lowest BCUT2D eigenvalue weighted by Crippen LogP contribution is -2.25. The maximum Gasteiger partial charge on any atom is 0.336 e. The Morgan fingerprint density at radius 2 is 2.04 bits per heavy atom. The fraction of sp³-hybridized carbons (Fsp3) is 0.368. The van der Waals surface area contributed by atoms with Gasteiger partial charge in [0.2, 0.25) is 0 Å². The second-order valence-electron chi connectivity index (χ2n) is 5.98. The second kappa shape index (κ2) is 6.91. The van der Waals surface area contributed by atoms with E-state index in [0.29, 0.717) is 12.2 Å². The molecule has 0 saturated heterocycles. The number of anilines is 1. The first-order chi connectivity index (χ1) is 11.7. The molecule has 0 spiro atoms. The van der Waals surface area contributed by atoms with Crippen LogP contribution in [0.25, 0.3) is 0 Å². The quantitative estimate of drug-likeness (QED) is 0.818. The highest BCUT2D eigenvalue weighted by atomic mass is 16.5. The smallest absolute Gasteiger partial charge is 0.336 e. The van der Waals surface area contributed by atoms with E-state index in [2.05, 4.69) is 41.5 Å². The van der Waals surface area contributed by atoms with Gasteiger partial charge in [-0.3, -0.25) is 5.10 Å². The Labute approximate surface area is 142 Å². The third kappa shape index (κ3) is 2.82. The van der Waals surface area contributed by atoms with Gasteiger partial charge in [0.05, 0.1) is 18.4 Å². The van der Waals surface area contributed by atoms with Crippen molar-refractivity contribution in [1.82, 2.24) is 10.2 Å². The van der Waals surface area contributed by atoms with E-state index in [1.807, 2.05) is 19.1 Å². The molecule has 2 aromatic rings. The normalized spacial score (nSPS) is 16.5. The number of rotatable bonds is 5. The standard InChI is InChI=1S/C19H23N3O2/c1-4-8-15-17(19(23)24-5-2)16(13-10-7-6-9-12(13)3)14-11-20-22-18(14)21-15/h6-7,9-11,16H,4-5,8H2,1-3H3,(H2,20,21,22). The highest BCUT2D eigenvalue weighted by molar-refractivity contribution is 5.94. The molecule has 0 fully saturated rings. The number of carbonyl (C=O) groups excluding carboxylic acids is 1. The number of H-pyrrole nitrogens is 1. The van der Waals surface area contributed by atoms with Crippen molar-refractivity contribution >= 4 is 11.8 Å². The molecule has 0 aliphatic carbocycles. The summed E-state index contributed by atoms with van der Waals surface area (Å²) in [7, 11) is 0. The first kappa shape index (κ1) is 16.3. The summed E-state index contributed by atoms with van der Waals surface area (Å²) in [6.45, 7) is 6.36. The van der Waals surface area contributed by atoms with Gasteiger partial charge in [-0.1, -0.05) is 37.6 Å². The number of carbonyl (C=O) groups is 1. The van der Waals surface area contributed by atoms with Gasteiger partial charge in [-0.2, -0.15) is 5.10 Å². The van der Waals surface area contributed by atoms with Crippen LogP contribution in [0.1, 0.15) is 49.3 Å². The highest BCUT2D eigenvalue weighted by Crippen LogP contribution is 2.43. The van der Waals surface area contributed by atoms with E-state index in [1.165, 1.54) is 0 Å². The van der Waals surface area contributed by atoms with Crippen LogP contribution < -0.4 is 5.32 Å². The van der Waals surface area contributed by atoms with Gasteiger partial charge in [-0.15, -0.1) is 0 Å². The number of esters is 1. The molecule has 0 bridgehead atoms. The predicted molar refractivity (Wildman–Crippen MR) is 93.8 cm³/mol. The molecule has 0 radical (unpaired) electrons. The number of aryl methyl sites for hydroxylation is 1. The first-order valence-corrected chi connectivity index (χ1v) is 8.43. The molecule has 2 N–H and O–H groups in total. The summed E-state index contributed by atoms with van der Waals surface area (Å²) < 4.78 is 5.37. The van der Waals surface area contributed by atoms with Crippen LogP contribution in [0.5, 0.6) is 0 Å². The summed E-state index contributed by atoms with van der Waals surface area (Å²) >= 11 is 0. The van der Waals surface area contributed by atoms with Crippen molar-refractivity contribution < 1.29 is 9.53 Å². The lowest BCUT2D eigenvalue weighted by molar-refractivity contribution is -0.138. The summed E-state index contributed by atoms with van der Waals surface area (Å²) in [5.41, 5.74) is 4.85. The maximum atomic E-state index is 12.8. The number of nitrogens with zero attached hydrogens (tertiary/aromatic N) is 1. The van der Waals surface area contributed by atoms with E-state index in [-0.39, 0.29) is 11.9 Å². The van der Waals surface area contributed by atoms with Crippen LogP contribution in [-0.4, -0.2) is 22.8 Å². The zero-order chi connectivity index (χ0) is 17.1. The number of fused-ring (bicyclic) bond motifs is 1. The predicted octanol–water partition coefficient (Wildman–Crippen LogP) is 3.89. The summed E-state index contributed by atoms with van der Waals surface area (Å²) in [6.07, 6.45) is 3.52. The van der Waals surface area contributed by atoms with Gasteiger partial charge in [-0.25, -0.2) is 4.79 Å². The van der Waals surface area contributed by atoms with Crippen LogP contribution in [-0.2, 0) is 9.53 Å². The van der Waals surface area contributed by atoms with Crippen LogP contribution >= 0.6 is 0 Å². The summed E-state index contributed by atoms with van der Waals surface area (Å²) in [6, 6.07) is 8.16. The van der Waals surface area contributed by atoms with Crippen LogP contribution in [0.4, 0.5) is 5.82 Å². The molecule has 1 unspecified atom stereocenters. The zero-order valence-corrected chi connectivity index (χ0v) is 14.3. The van der Waals surface area contributed by atoms with E-state index < -0.39 is 0 Å². The minimum atomic E-state index is -0.256. The molecule has 5 heteroatoms. The van der Waals surface area contributed by atoms with Crippen molar-refractivity contribution in [2.45, 2.75) is 39.5 Å². The Morgan fingerprint density at radius 3 is 2.75 bits per heavy atom. The van der Waals surface area contributed by atoms with Crippen molar-refractivity contribution in [3.05, 3.63) is 58.4 Å². The van der Waals surface area contributed by atoms with Crippen molar-refractivity contribution in [2.24, 2.45) is 0 Å². The number of aromatic nitrogens is 2. The maximum absolute atomic E-state index is 12.8. The van der Waals surface area contributed by atoms with Crippen LogP contribution in [0.15, 0.2) is 41.7 Å². The average molecular weight is 325 g/mol. The highest BCUT2D eigenvalue weighted by Gasteiger charge is 2.35. The van der Waals surface area contributed by atoms with E-state index in [1.54, 1.807) is 6.20 Å². The third-order valence-electron chi connectivity index (χ3n) is 4.36. The van der Waals surface area contributed by atoms with E-state index in [4.69, 9.17) is 4.74 Å². The van der Waals surface area contributed by atoms with Gasteiger partial charge in [0.15, 0.2) is 0 Å². The molecule has 0 amide bonds. The second-order valence-corrected chi connectivity index (χ2v) is 5.98. The monoisotopic (exact) mass is 325 g/mol. The number of nitrogens with one attached hydrogen (secondary N) is 2. The van der Waals surface area contributed by atoms with Crippen molar-refractivity contribution in [3.63, 3.8) is 0 Å². The third-order valence-corrected chi connectivity index (χ3v) is 4.36. The van der Waals surface area contributed by atoms with Gasteiger partial charge >= 0.3 is 5.97 Å². The number of ether oxygens (including phenoxy) is 1. The Hall–Kier alpha value is -2.56. The molecule has 24 heavy (non-hydrogen) atoms. The number of hydrogen-bond donors (Lipinski definition) is 2. The molecule has 1 aromatic carbocycles. The van der Waals surface area contributed by atoms with Crippen LogP contribution in [0.2, 0.25) is 0 Å². The van der Waals surface area contributed by atoms with E-state index in [0.717, 1.165) is 41.0 Å². The SMILES string of the molecule is CCCC1=C(C(=O)OCC)C(c2ccccc2C)c2cn[nH]c2N1. The number of allylic oxidation sites excluding steroid dienone is 1. The Bertz CT molecular complexity index is 776. The average Bonchev–Trinajstić information content (AvgIpc) is 3.03. The number of hydrogen-bond acceptors (Lipinski definition) is 4. The van der Waals surface area contributed by atoms with Crippen molar-refractivity contribution in [1.29, 1.82) is 0 Å². The minimum absolute atomic E-state index is 0.165. The van der Waals surface area contributed by atoms with Gasteiger partial charge in [-0.05, 0) is 31.4 Å². The Kier molecular flexibility index (Phi) is 4.69. The van der Waals surface area contributed by atoms with Crippen LogP contribution in [0.3, 0.4) is 0 Å². The Balaban J connectivity index is 2.20.